The first-order valence-corrected chi connectivity index (χ1v) is 9.18. The second kappa shape index (κ2) is 7.40. The van der Waals surface area contributed by atoms with Crippen molar-refractivity contribution in [2.45, 2.75) is 6.92 Å². The van der Waals surface area contributed by atoms with Gasteiger partial charge in [0.25, 0.3) is 5.91 Å². The topological polar surface area (TPSA) is 62.5 Å². The highest BCUT2D eigenvalue weighted by molar-refractivity contribution is 6.30. The molecule has 0 N–H and O–H groups in total. The summed E-state index contributed by atoms with van der Waals surface area (Å²) in [5.74, 6) is 1.09. The van der Waals surface area contributed by atoms with Gasteiger partial charge in [0.1, 0.15) is 0 Å². The molecule has 1 fully saturated rings. The molecule has 1 aliphatic heterocycles. The minimum atomic E-state index is 0.0431. The lowest BCUT2D eigenvalue weighted by Gasteiger charge is -2.36. The highest BCUT2D eigenvalue weighted by atomic mass is 35.5. The molecule has 7 heteroatoms. The smallest absolute Gasteiger partial charge is 0.253 e. The molecule has 0 atom stereocenters. The summed E-state index contributed by atoms with van der Waals surface area (Å²) in [6.45, 7) is 4.72. The van der Waals surface area contributed by atoms with E-state index in [-0.39, 0.29) is 5.91 Å². The van der Waals surface area contributed by atoms with Gasteiger partial charge in [0.2, 0.25) is 11.7 Å². The molecule has 0 aliphatic carbocycles. The number of piperazine rings is 1. The normalized spacial score (nSPS) is 14.4. The van der Waals surface area contributed by atoms with Crippen LogP contribution in [0, 0.1) is 6.92 Å². The zero-order valence-electron chi connectivity index (χ0n) is 14.9. The number of aromatic nitrogens is 2. The Kier molecular flexibility index (Phi) is 4.81. The van der Waals surface area contributed by atoms with Crippen molar-refractivity contribution in [3.8, 4) is 11.4 Å². The van der Waals surface area contributed by atoms with Crippen molar-refractivity contribution in [2.24, 2.45) is 0 Å². The quantitative estimate of drug-likeness (QED) is 0.691. The molecular weight excluding hydrogens is 364 g/mol. The van der Waals surface area contributed by atoms with Crippen LogP contribution in [0.4, 0.5) is 5.69 Å². The van der Waals surface area contributed by atoms with Crippen LogP contribution in [0.5, 0.6) is 0 Å². The molecule has 1 aromatic heterocycles. The predicted molar refractivity (Wildman–Crippen MR) is 104 cm³/mol. The Morgan fingerprint density at radius 2 is 1.67 bits per heavy atom. The van der Waals surface area contributed by atoms with Gasteiger partial charge in [0.15, 0.2) is 0 Å². The minimum absolute atomic E-state index is 0.0431. The Bertz CT molecular complexity index is 929. The summed E-state index contributed by atoms with van der Waals surface area (Å²) in [5.41, 5.74) is 2.63. The van der Waals surface area contributed by atoms with Crippen LogP contribution in [0.2, 0.25) is 5.02 Å². The van der Waals surface area contributed by atoms with E-state index in [0.29, 0.717) is 30.4 Å². The zero-order valence-corrected chi connectivity index (χ0v) is 15.7. The van der Waals surface area contributed by atoms with Crippen LogP contribution in [0.3, 0.4) is 0 Å². The molecule has 1 saturated heterocycles. The Balaban J connectivity index is 1.39. The Hall–Kier alpha value is -2.86. The van der Waals surface area contributed by atoms with Crippen molar-refractivity contribution < 1.29 is 9.32 Å². The minimum Gasteiger partial charge on any atom is -0.368 e. The largest absolute Gasteiger partial charge is 0.368 e. The van der Waals surface area contributed by atoms with E-state index in [9.17, 15) is 4.79 Å². The monoisotopic (exact) mass is 382 g/mol. The molecule has 2 heterocycles. The summed E-state index contributed by atoms with van der Waals surface area (Å²) in [6.07, 6.45) is 0. The van der Waals surface area contributed by atoms with Crippen molar-refractivity contribution in [1.82, 2.24) is 15.0 Å². The van der Waals surface area contributed by atoms with Crippen LogP contribution in [-0.2, 0) is 0 Å². The lowest BCUT2D eigenvalue weighted by Crippen LogP contribution is -2.48. The average Bonchev–Trinajstić information content (AvgIpc) is 3.15. The van der Waals surface area contributed by atoms with Crippen LogP contribution in [0.25, 0.3) is 11.4 Å². The van der Waals surface area contributed by atoms with Gasteiger partial charge < -0.3 is 14.3 Å². The standard InChI is InChI=1S/C20H19ClN4O2/c1-14-22-19(23-27-14)15-2-4-16(5-3-15)20(26)25-12-10-24(11-13-25)18-8-6-17(21)7-9-18/h2-9H,10-13H2,1H3. The van der Waals surface area contributed by atoms with Gasteiger partial charge in [-0.15, -0.1) is 0 Å². The maximum atomic E-state index is 12.8. The molecular formula is C20H19ClN4O2. The van der Waals surface area contributed by atoms with Gasteiger partial charge in [-0.2, -0.15) is 4.98 Å². The number of carbonyl (C=O) groups excluding carboxylic acids is 1. The van der Waals surface area contributed by atoms with Crippen molar-refractivity contribution in [3.63, 3.8) is 0 Å². The molecule has 0 radical (unpaired) electrons. The highest BCUT2D eigenvalue weighted by Crippen LogP contribution is 2.21. The van der Waals surface area contributed by atoms with Crippen molar-refractivity contribution >= 4 is 23.2 Å². The molecule has 2 aromatic carbocycles. The van der Waals surface area contributed by atoms with Gasteiger partial charge in [-0.3, -0.25) is 4.79 Å². The van der Waals surface area contributed by atoms with Gasteiger partial charge in [-0.25, -0.2) is 0 Å². The van der Waals surface area contributed by atoms with Crippen LogP contribution in [0.15, 0.2) is 53.1 Å². The summed E-state index contributed by atoms with van der Waals surface area (Å²) in [6, 6.07) is 15.1. The van der Waals surface area contributed by atoms with E-state index < -0.39 is 0 Å². The maximum absolute atomic E-state index is 12.8. The van der Waals surface area contributed by atoms with E-state index in [0.717, 1.165) is 29.4 Å². The number of carbonyl (C=O) groups is 1. The van der Waals surface area contributed by atoms with E-state index >= 15 is 0 Å². The number of anilines is 1. The van der Waals surface area contributed by atoms with E-state index in [2.05, 4.69) is 15.0 Å². The Morgan fingerprint density at radius 3 is 2.26 bits per heavy atom. The summed E-state index contributed by atoms with van der Waals surface area (Å²) in [5, 5.41) is 4.63. The molecule has 4 rings (SSSR count). The molecule has 0 unspecified atom stereocenters. The number of nitrogens with zero attached hydrogens (tertiary/aromatic N) is 4. The molecule has 6 nitrogen and oxygen atoms in total. The molecule has 138 valence electrons. The average molecular weight is 383 g/mol. The first-order valence-electron chi connectivity index (χ1n) is 8.81. The fourth-order valence-corrected chi connectivity index (χ4v) is 3.31. The van der Waals surface area contributed by atoms with Crippen molar-refractivity contribution in [1.29, 1.82) is 0 Å². The molecule has 1 aliphatic rings. The van der Waals surface area contributed by atoms with Gasteiger partial charge in [0, 0.05) is 54.9 Å². The molecule has 1 amide bonds. The molecule has 27 heavy (non-hydrogen) atoms. The SMILES string of the molecule is Cc1nc(-c2ccc(C(=O)N3CCN(c4ccc(Cl)cc4)CC3)cc2)no1. The fraction of sp³-hybridized carbons (Fsp3) is 0.250. The van der Waals surface area contributed by atoms with Crippen molar-refractivity contribution in [3.05, 3.63) is 65.0 Å². The van der Waals surface area contributed by atoms with Crippen LogP contribution in [-0.4, -0.2) is 47.1 Å². The third kappa shape index (κ3) is 3.80. The maximum Gasteiger partial charge on any atom is 0.253 e. The van der Waals surface area contributed by atoms with Crippen LogP contribution < -0.4 is 4.90 Å². The van der Waals surface area contributed by atoms with E-state index in [1.165, 1.54) is 0 Å². The summed E-state index contributed by atoms with van der Waals surface area (Å²) < 4.78 is 5.00. The van der Waals surface area contributed by atoms with Gasteiger partial charge in [-0.05, 0) is 36.4 Å². The number of rotatable bonds is 3. The Morgan fingerprint density at radius 1 is 1.00 bits per heavy atom. The predicted octanol–water partition coefficient (Wildman–Crippen LogP) is 3.66. The van der Waals surface area contributed by atoms with Gasteiger partial charge in [-0.1, -0.05) is 28.9 Å². The first-order chi connectivity index (χ1) is 13.1. The number of benzene rings is 2. The lowest BCUT2D eigenvalue weighted by molar-refractivity contribution is 0.0747. The lowest BCUT2D eigenvalue weighted by atomic mass is 10.1. The number of amides is 1. The van der Waals surface area contributed by atoms with Crippen molar-refractivity contribution in [2.75, 3.05) is 31.1 Å². The molecule has 0 saturated carbocycles. The third-order valence-electron chi connectivity index (χ3n) is 4.68. The molecule has 0 bridgehead atoms. The summed E-state index contributed by atoms with van der Waals surface area (Å²) in [4.78, 5) is 21.1. The van der Waals surface area contributed by atoms with Gasteiger partial charge >= 0.3 is 0 Å². The number of aryl methyl sites for hydroxylation is 1. The van der Waals surface area contributed by atoms with E-state index in [1.807, 2.05) is 53.4 Å². The zero-order chi connectivity index (χ0) is 18.8. The van der Waals surface area contributed by atoms with E-state index in [4.69, 9.17) is 16.1 Å². The van der Waals surface area contributed by atoms with Crippen LogP contribution >= 0.6 is 11.6 Å². The number of hydrogen-bond acceptors (Lipinski definition) is 5. The number of hydrogen-bond donors (Lipinski definition) is 0. The first kappa shape index (κ1) is 17.5. The Labute approximate surface area is 162 Å². The number of halogens is 1. The molecule has 3 aromatic rings. The second-order valence-electron chi connectivity index (χ2n) is 6.47. The molecule has 0 spiro atoms. The van der Waals surface area contributed by atoms with E-state index in [1.54, 1.807) is 6.92 Å². The summed E-state index contributed by atoms with van der Waals surface area (Å²) >= 11 is 5.95. The highest BCUT2D eigenvalue weighted by Gasteiger charge is 2.22. The fourth-order valence-electron chi connectivity index (χ4n) is 3.18. The third-order valence-corrected chi connectivity index (χ3v) is 4.93. The van der Waals surface area contributed by atoms with Gasteiger partial charge in [0.05, 0.1) is 0 Å². The summed E-state index contributed by atoms with van der Waals surface area (Å²) in [7, 11) is 0. The second-order valence-corrected chi connectivity index (χ2v) is 6.91. The van der Waals surface area contributed by atoms with Crippen LogP contribution in [0.1, 0.15) is 16.2 Å².